The first-order valence-corrected chi connectivity index (χ1v) is 6.17. The molecule has 2 rings (SSSR count). The van der Waals surface area contributed by atoms with Crippen LogP contribution in [0.25, 0.3) is 0 Å². The fourth-order valence-electron chi connectivity index (χ4n) is 2.79. The number of Topliss-reactive ketones (excluding diaryl/α,β-unsaturated/α-hetero) is 1. The van der Waals surface area contributed by atoms with Crippen molar-refractivity contribution in [1.29, 1.82) is 0 Å². The number of unbranched alkanes of at least 4 members (excludes halogenated alkanes) is 1. The molecule has 0 spiro atoms. The van der Waals surface area contributed by atoms with Gasteiger partial charge in [0.05, 0.1) is 0 Å². The molecule has 1 atom stereocenters. The lowest BCUT2D eigenvalue weighted by Gasteiger charge is -2.24. The number of hydrogen-bond donors (Lipinski definition) is 0. The minimum Gasteiger partial charge on any atom is -0.289 e. The van der Waals surface area contributed by atoms with E-state index in [2.05, 4.69) is 19.9 Å². The summed E-state index contributed by atoms with van der Waals surface area (Å²) in [6.45, 7) is 4.33. The highest BCUT2D eigenvalue weighted by Crippen LogP contribution is 2.39. The van der Waals surface area contributed by atoms with E-state index in [4.69, 9.17) is 0 Å². The molecule has 0 heterocycles. The molecule has 0 amide bonds. The monoisotopic (exact) mass is 204 g/mol. The lowest BCUT2D eigenvalue weighted by molar-refractivity contribution is -0.113. The van der Waals surface area contributed by atoms with E-state index in [-0.39, 0.29) is 0 Å². The van der Waals surface area contributed by atoms with E-state index >= 15 is 0 Å². The van der Waals surface area contributed by atoms with Crippen LogP contribution in [0.2, 0.25) is 0 Å². The number of carbonyl (C=O) groups excluding carboxylic acids is 1. The van der Waals surface area contributed by atoms with E-state index in [0.29, 0.717) is 11.7 Å². The zero-order valence-electron chi connectivity index (χ0n) is 9.81. The lowest BCUT2D eigenvalue weighted by atomic mass is 9.79. The summed E-state index contributed by atoms with van der Waals surface area (Å²) >= 11 is 0. The standard InChI is InChI=1S/C14H20O/c1-3-4-7-12-10(2)9-11-6-5-8-13(11)14(12)15/h8,11H,3-7,9H2,1-2H3. The second-order valence-corrected chi connectivity index (χ2v) is 4.83. The predicted octanol–water partition coefficient (Wildman–Crippen LogP) is 3.80. The van der Waals surface area contributed by atoms with E-state index in [0.717, 1.165) is 36.8 Å². The van der Waals surface area contributed by atoms with Crippen molar-refractivity contribution < 1.29 is 4.79 Å². The topological polar surface area (TPSA) is 17.1 Å². The first kappa shape index (κ1) is 10.7. The summed E-state index contributed by atoms with van der Waals surface area (Å²) in [5.74, 6) is 0.928. The van der Waals surface area contributed by atoms with E-state index < -0.39 is 0 Å². The third-order valence-corrected chi connectivity index (χ3v) is 3.70. The van der Waals surface area contributed by atoms with Gasteiger partial charge in [-0.25, -0.2) is 0 Å². The van der Waals surface area contributed by atoms with Crippen LogP contribution in [0, 0.1) is 5.92 Å². The Morgan fingerprint density at radius 3 is 3.00 bits per heavy atom. The van der Waals surface area contributed by atoms with Gasteiger partial charge in [0.2, 0.25) is 0 Å². The average Bonchev–Trinajstić information content (AvgIpc) is 2.65. The molecule has 0 aliphatic heterocycles. The molecule has 2 aliphatic carbocycles. The molecule has 0 saturated heterocycles. The van der Waals surface area contributed by atoms with Crippen molar-refractivity contribution in [3.8, 4) is 0 Å². The molecule has 1 heteroatoms. The molecule has 82 valence electrons. The van der Waals surface area contributed by atoms with Crippen LogP contribution in [0.5, 0.6) is 0 Å². The van der Waals surface area contributed by atoms with Crippen LogP contribution in [0.1, 0.15) is 52.4 Å². The minimum atomic E-state index is 0.370. The van der Waals surface area contributed by atoms with E-state index in [1.54, 1.807) is 0 Å². The van der Waals surface area contributed by atoms with Crippen LogP contribution in [0.15, 0.2) is 22.8 Å². The maximum Gasteiger partial charge on any atom is 0.184 e. The zero-order valence-corrected chi connectivity index (χ0v) is 9.81. The first-order chi connectivity index (χ1) is 7.24. The minimum absolute atomic E-state index is 0.370. The van der Waals surface area contributed by atoms with Gasteiger partial charge in [-0.3, -0.25) is 4.79 Å². The number of hydrogen-bond acceptors (Lipinski definition) is 1. The second-order valence-electron chi connectivity index (χ2n) is 4.83. The maximum atomic E-state index is 12.2. The summed E-state index contributed by atoms with van der Waals surface area (Å²) in [6, 6.07) is 0. The van der Waals surface area contributed by atoms with Gasteiger partial charge in [0.25, 0.3) is 0 Å². The zero-order chi connectivity index (χ0) is 10.8. The molecule has 0 aromatic carbocycles. The van der Waals surface area contributed by atoms with Gasteiger partial charge in [-0.15, -0.1) is 0 Å². The Morgan fingerprint density at radius 1 is 1.47 bits per heavy atom. The molecular formula is C14H20O. The van der Waals surface area contributed by atoms with E-state index in [1.807, 2.05) is 0 Å². The molecule has 1 nitrogen and oxygen atoms in total. The largest absolute Gasteiger partial charge is 0.289 e. The van der Waals surface area contributed by atoms with Gasteiger partial charge in [-0.1, -0.05) is 25.0 Å². The van der Waals surface area contributed by atoms with Crippen molar-refractivity contribution in [3.63, 3.8) is 0 Å². The van der Waals surface area contributed by atoms with Crippen molar-refractivity contribution in [1.82, 2.24) is 0 Å². The van der Waals surface area contributed by atoms with Crippen LogP contribution in [-0.4, -0.2) is 5.78 Å². The van der Waals surface area contributed by atoms with Gasteiger partial charge in [0.15, 0.2) is 5.78 Å². The normalized spacial score (nSPS) is 25.6. The molecule has 0 saturated carbocycles. The molecule has 0 aromatic rings. The molecule has 0 N–H and O–H groups in total. The smallest absolute Gasteiger partial charge is 0.184 e. The van der Waals surface area contributed by atoms with Crippen molar-refractivity contribution in [3.05, 3.63) is 22.8 Å². The highest BCUT2D eigenvalue weighted by Gasteiger charge is 2.32. The summed E-state index contributed by atoms with van der Waals surface area (Å²) in [5, 5.41) is 0. The number of fused-ring (bicyclic) bond motifs is 1. The number of ketones is 1. The molecule has 0 radical (unpaired) electrons. The van der Waals surface area contributed by atoms with Crippen molar-refractivity contribution >= 4 is 5.78 Å². The second kappa shape index (κ2) is 4.34. The van der Waals surface area contributed by atoms with Crippen molar-refractivity contribution in [2.24, 2.45) is 5.92 Å². The molecule has 1 unspecified atom stereocenters. The molecule has 0 aromatic heterocycles. The molecular weight excluding hydrogens is 184 g/mol. The van der Waals surface area contributed by atoms with Crippen LogP contribution in [0.4, 0.5) is 0 Å². The lowest BCUT2D eigenvalue weighted by Crippen LogP contribution is -2.19. The van der Waals surface area contributed by atoms with Crippen LogP contribution >= 0.6 is 0 Å². The Labute approximate surface area is 92.3 Å². The summed E-state index contributed by atoms with van der Waals surface area (Å²) < 4.78 is 0. The molecule has 0 fully saturated rings. The summed E-state index contributed by atoms with van der Waals surface area (Å²) in [5.41, 5.74) is 3.62. The predicted molar refractivity (Wildman–Crippen MR) is 62.7 cm³/mol. The SMILES string of the molecule is CCCCC1=C(C)CC2CCC=C2C1=O. The van der Waals surface area contributed by atoms with Gasteiger partial charge in [0, 0.05) is 0 Å². The summed E-state index contributed by atoms with van der Waals surface area (Å²) in [4.78, 5) is 12.2. The Hall–Kier alpha value is -0.850. The number of carbonyl (C=O) groups is 1. The number of rotatable bonds is 3. The number of allylic oxidation sites excluding steroid dienone is 4. The van der Waals surface area contributed by atoms with E-state index in [9.17, 15) is 4.79 Å². The van der Waals surface area contributed by atoms with E-state index in [1.165, 1.54) is 18.4 Å². The summed E-state index contributed by atoms with van der Waals surface area (Å²) in [6.07, 6.45) is 8.93. The maximum absolute atomic E-state index is 12.2. The van der Waals surface area contributed by atoms with Gasteiger partial charge < -0.3 is 0 Å². The van der Waals surface area contributed by atoms with Gasteiger partial charge in [-0.05, 0) is 56.1 Å². The first-order valence-electron chi connectivity index (χ1n) is 6.17. The highest BCUT2D eigenvalue weighted by atomic mass is 16.1. The van der Waals surface area contributed by atoms with Crippen LogP contribution in [0.3, 0.4) is 0 Å². The Balaban J connectivity index is 2.20. The molecule has 15 heavy (non-hydrogen) atoms. The Bertz CT molecular complexity index is 333. The fourth-order valence-corrected chi connectivity index (χ4v) is 2.79. The van der Waals surface area contributed by atoms with Gasteiger partial charge in [0.1, 0.15) is 0 Å². The van der Waals surface area contributed by atoms with Gasteiger partial charge in [-0.2, -0.15) is 0 Å². The quantitative estimate of drug-likeness (QED) is 0.683. The summed E-state index contributed by atoms with van der Waals surface area (Å²) in [7, 11) is 0. The van der Waals surface area contributed by atoms with Crippen molar-refractivity contribution in [2.75, 3.05) is 0 Å². The third kappa shape index (κ3) is 1.92. The Morgan fingerprint density at radius 2 is 2.27 bits per heavy atom. The van der Waals surface area contributed by atoms with Crippen LogP contribution in [-0.2, 0) is 4.79 Å². The fraction of sp³-hybridized carbons (Fsp3) is 0.643. The van der Waals surface area contributed by atoms with Crippen LogP contribution < -0.4 is 0 Å². The third-order valence-electron chi connectivity index (χ3n) is 3.70. The molecule has 0 bridgehead atoms. The Kier molecular flexibility index (Phi) is 3.08. The highest BCUT2D eigenvalue weighted by molar-refractivity contribution is 6.10. The molecule has 2 aliphatic rings. The van der Waals surface area contributed by atoms with Gasteiger partial charge >= 0.3 is 0 Å². The average molecular weight is 204 g/mol. The van der Waals surface area contributed by atoms with Crippen molar-refractivity contribution in [2.45, 2.75) is 52.4 Å².